The number of rotatable bonds is 7. The number of nitrogens with two attached hydrogens (primary N) is 1. The fourth-order valence-corrected chi connectivity index (χ4v) is 2.66. The Balaban J connectivity index is 2.93. The van der Waals surface area contributed by atoms with Crippen molar-refractivity contribution in [2.24, 2.45) is 5.73 Å². The lowest BCUT2D eigenvalue weighted by molar-refractivity contribution is -0.139. The standard InChI is InChI=1S/C16H28N2O4/c1-5-7-10(3)22-14-9-12(16(20)21-6-2)8-13(17)15(14)18-11(4)19/h9-10,13-15H,5-8,17H2,1-4H3,(H,18,19)/t10?,13-,14+,15+/m0/s1. The molecule has 0 aromatic heterocycles. The molecule has 3 N–H and O–H groups in total. The first-order valence-corrected chi connectivity index (χ1v) is 7.94. The van der Waals surface area contributed by atoms with E-state index in [2.05, 4.69) is 12.2 Å². The summed E-state index contributed by atoms with van der Waals surface area (Å²) in [6, 6.07) is -0.720. The molecule has 0 radical (unpaired) electrons. The second kappa shape index (κ2) is 8.90. The molecule has 0 saturated carbocycles. The predicted octanol–water partition coefficient (Wildman–Crippen LogP) is 1.29. The monoisotopic (exact) mass is 312 g/mol. The highest BCUT2D eigenvalue weighted by atomic mass is 16.5. The van der Waals surface area contributed by atoms with Crippen LogP contribution in [0.15, 0.2) is 11.6 Å². The Morgan fingerprint density at radius 1 is 1.45 bits per heavy atom. The van der Waals surface area contributed by atoms with Gasteiger partial charge in [0.25, 0.3) is 0 Å². The van der Waals surface area contributed by atoms with Crippen LogP contribution in [0.5, 0.6) is 0 Å². The van der Waals surface area contributed by atoms with Gasteiger partial charge in [-0.15, -0.1) is 0 Å². The molecule has 6 heteroatoms. The molecule has 6 nitrogen and oxygen atoms in total. The average Bonchev–Trinajstić information content (AvgIpc) is 2.42. The summed E-state index contributed by atoms with van der Waals surface area (Å²) in [4.78, 5) is 23.3. The third-order valence-electron chi connectivity index (χ3n) is 3.63. The molecule has 0 fully saturated rings. The Labute approximate surface area is 132 Å². The van der Waals surface area contributed by atoms with Crippen LogP contribution in [-0.2, 0) is 19.1 Å². The average molecular weight is 312 g/mol. The molecule has 0 aromatic rings. The fraction of sp³-hybridized carbons (Fsp3) is 0.750. The van der Waals surface area contributed by atoms with Crippen LogP contribution in [0.2, 0.25) is 0 Å². The maximum Gasteiger partial charge on any atom is 0.333 e. The van der Waals surface area contributed by atoms with Gasteiger partial charge in [-0.05, 0) is 32.8 Å². The number of carbonyl (C=O) groups is 2. The van der Waals surface area contributed by atoms with Gasteiger partial charge in [-0.1, -0.05) is 13.3 Å². The molecule has 0 aromatic carbocycles. The van der Waals surface area contributed by atoms with E-state index >= 15 is 0 Å². The molecular weight excluding hydrogens is 284 g/mol. The van der Waals surface area contributed by atoms with Crippen LogP contribution in [-0.4, -0.2) is 42.8 Å². The van der Waals surface area contributed by atoms with E-state index in [9.17, 15) is 9.59 Å². The number of ether oxygens (including phenoxy) is 2. The summed E-state index contributed by atoms with van der Waals surface area (Å²) < 4.78 is 11.0. The Hall–Kier alpha value is -1.40. The molecule has 0 heterocycles. The summed E-state index contributed by atoms with van der Waals surface area (Å²) in [6.45, 7) is 7.59. The SMILES string of the molecule is CCCC(C)O[C@@H]1C=C(C(=O)OCC)C[C@H](N)[C@H]1NC(C)=O. The van der Waals surface area contributed by atoms with Crippen LogP contribution in [0.25, 0.3) is 0 Å². The molecule has 126 valence electrons. The molecule has 1 unspecified atom stereocenters. The lowest BCUT2D eigenvalue weighted by Gasteiger charge is -2.36. The van der Waals surface area contributed by atoms with E-state index in [1.807, 2.05) is 6.92 Å². The summed E-state index contributed by atoms with van der Waals surface area (Å²) >= 11 is 0. The maximum absolute atomic E-state index is 11.9. The Morgan fingerprint density at radius 2 is 2.14 bits per heavy atom. The fourth-order valence-electron chi connectivity index (χ4n) is 2.66. The van der Waals surface area contributed by atoms with Gasteiger partial charge in [-0.2, -0.15) is 0 Å². The van der Waals surface area contributed by atoms with Gasteiger partial charge in [-0.25, -0.2) is 4.79 Å². The van der Waals surface area contributed by atoms with Crippen molar-refractivity contribution in [2.75, 3.05) is 6.61 Å². The Bertz CT molecular complexity index is 422. The van der Waals surface area contributed by atoms with Crippen molar-refractivity contribution in [3.8, 4) is 0 Å². The zero-order valence-electron chi connectivity index (χ0n) is 13.9. The minimum atomic E-state index is -0.423. The van der Waals surface area contributed by atoms with Crippen LogP contribution >= 0.6 is 0 Å². The van der Waals surface area contributed by atoms with E-state index in [-0.39, 0.29) is 30.1 Å². The summed E-state index contributed by atoms with van der Waals surface area (Å²) in [7, 11) is 0. The van der Waals surface area contributed by atoms with Crippen molar-refractivity contribution in [1.82, 2.24) is 5.32 Å². The molecule has 1 rings (SSSR count). The quantitative estimate of drug-likeness (QED) is 0.691. The van der Waals surface area contributed by atoms with E-state index in [0.29, 0.717) is 18.6 Å². The van der Waals surface area contributed by atoms with E-state index in [4.69, 9.17) is 15.2 Å². The van der Waals surface area contributed by atoms with Gasteiger partial charge < -0.3 is 20.5 Å². The van der Waals surface area contributed by atoms with Crippen LogP contribution in [0, 0.1) is 0 Å². The highest BCUT2D eigenvalue weighted by Crippen LogP contribution is 2.23. The normalized spacial score (nSPS) is 26.0. The van der Waals surface area contributed by atoms with Crippen LogP contribution in [0.4, 0.5) is 0 Å². The largest absolute Gasteiger partial charge is 0.463 e. The number of carbonyl (C=O) groups excluding carboxylic acids is 2. The first kappa shape index (κ1) is 18.6. The number of hydrogen-bond acceptors (Lipinski definition) is 5. The second-order valence-electron chi connectivity index (χ2n) is 5.71. The minimum absolute atomic E-state index is 0.0243. The summed E-state index contributed by atoms with van der Waals surface area (Å²) in [5.41, 5.74) is 6.67. The summed E-state index contributed by atoms with van der Waals surface area (Å²) in [6.07, 6.45) is 3.62. The Morgan fingerprint density at radius 3 is 2.68 bits per heavy atom. The van der Waals surface area contributed by atoms with Crippen LogP contribution < -0.4 is 11.1 Å². The molecule has 4 atom stereocenters. The van der Waals surface area contributed by atoms with Crippen molar-refractivity contribution in [3.63, 3.8) is 0 Å². The van der Waals surface area contributed by atoms with E-state index < -0.39 is 6.10 Å². The van der Waals surface area contributed by atoms with Gasteiger partial charge in [0.15, 0.2) is 0 Å². The smallest absolute Gasteiger partial charge is 0.333 e. The van der Waals surface area contributed by atoms with Crippen LogP contribution in [0.1, 0.15) is 47.0 Å². The first-order chi connectivity index (χ1) is 10.4. The number of amides is 1. The van der Waals surface area contributed by atoms with Gasteiger partial charge in [0, 0.05) is 18.5 Å². The molecule has 22 heavy (non-hydrogen) atoms. The van der Waals surface area contributed by atoms with Crippen molar-refractivity contribution < 1.29 is 19.1 Å². The van der Waals surface area contributed by atoms with Gasteiger partial charge in [0.2, 0.25) is 5.91 Å². The van der Waals surface area contributed by atoms with Crippen molar-refractivity contribution in [3.05, 3.63) is 11.6 Å². The van der Waals surface area contributed by atoms with Crippen molar-refractivity contribution in [1.29, 1.82) is 0 Å². The molecule has 1 aliphatic carbocycles. The highest BCUT2D eigenvalue weighted by molar-refractivity contribution is 5.89. The molecule has 0 saturated heterocycles. The Kier molecular flexibility index (Phi) is 7.55. The van der Waals surface area contributed by atoms with Gasteiger partial charge in [-0.3, -0.25) is 4.79 Å². The van der Waals surface area contributed by atoms with E-state index in [1.54, 1.807) is 13.0 Å². The lowest BCUT2D eigenvalue weighted by Crippen LogP contribution is -2.57. The zero-order valence-corrected chi connectivity index (χ0v) is 13.9. The third-order valence-corrected chi connectivity index (χ3v) is 3.63. The van der Waals surface area contributed by atoms with Crippen molar-refractivity contribution >= 4 is 11.9 Å². The van der Waals surface area contributed by atoms with Crippen LogP contribution in [0.3, 0.4) is 0 Å². The summed E-state index contributed by atoms with van der Waals surface area (Å²) in [5, 5.41) is 2.83. The minimum Gasteiger partial charge on any atom is -0.463 e. The number of nitrogens with one attached hydrogen (secondary N) is 1. The number of esters is 1. The van der Waals surface area contributed by atoms with Gasteiger partial charge in [0.05, 0.1) is 24.9 Å². The molecule has 1 aliphatic rings. The first-order valence-electron chi connectivity index (χ1n) is 7.94. The molecule has 1 amide bonds. The molecule has 0 aliphatic heterocycles. The number of hydrogen-bond donors (Lipinski definition) is 2. The molecule has 0 spiro atoms. The zero-order chi connectivity index (χ0) is 16.7. The lowest BCUT2D eigenvalue weighted by atomic mass is 9.88. The maximum atomic E-state index is 11.9. The van der Waals surface area contributed by atoms with E-state index in [1.165, 1.54) is 6.92 Å². The summed E-state index contributed by atoms with van der Waals surface area (Å²) in [5.74, 6) is -0.527. The van der Waals surface area contributed by atoms with E-state index in [0.717, 1.165) is 12.8 Å². The molecular formula is C16H28N2O4. The van der Waals surface area contributed by atoms with Gasteiger partial charge >= 0.3 is 5.97 Å². The van der Waals surface area contributed by atoms with Crippen molar-refractivity contribution in [2.45, 2.75) is 71.2 Å². The third kappa shape index (κ3) is 5.42. The highest BCUT2D eigenvalue weighted by Gasteiger charge is 2.35. The predicted molar refractivity (Wildman–Crippen MR) is 84.2 cm³/mol. The topological polar surface area (TPSA) is 90.7 Å². The second-order valence-corrected chi connectivity index (χ2v) is 5.71. The molecule has 0 bridgehead atoms. The van der Waals surface area contributed by atoms with Gasteiger partial charge in [0.1, 0.15) is 0 Å².